The molecule has 0 unspecified atom stereocenters. The van der Waals surface area contributed by atoms with E-state index in [4.69, 9.17) is 28.4 Å². The lowest BCUT2D eigenvalue weighted by Crippen LogP contribution is -2.40. The second kappa shape index (κ2) is 46.9. The van der Waals surface area contributed by atoms with Gasteiger partial charge in [0.05, 0.1) is 79.3 Å². The number of carbonyl (C=O) groups is 2. The van der Waals surface area contributed by atoms with Crippen LogP contribution in [-0.2, 0) is 38.0 Å². The number of amides is 2. The van der Waals surface area contributed by atoms with Crippen molar-refractivity contribution in [2.24, 2.45) is 0 Å². The van der Waals surface area contributed by atoms with Crippen LogP contribution in [0.5, 0.6) is 0 Å². The minimum absolute atomic E-state index is 0. The number of morpholine rings is 6. The molecule has 6 saturated heterocycles. The molecule has 6 fully saturated rings. The fraction of sp³-hybridized carbons (Fsp3) is 0.951. The number of nitrogens with zero attached hydrogens (tertiary/aromatic N) is 5. The normalized spacial score (nSPS) is 19.7. The minimum atomic E-state index is 0. The van der Waals surface area contributed by atoms with Gasteiger partial charge in [-0.2, -0.15) is 0 Å². The minimum Gasteiger partial charge on any atom is -0.379 e. The Morgan fingerprint density at radius 2 is 0.836 bits per heavy atom. The van der Waals surface area contributed by atoms with E-state index in [1.54, 1.807) is 11.8 Å². The van der Waals surface area contributed by atoms with Crippen molar-refractivity contribution in [2.75, 3.05) is 178 Å². The maximum atomic E-state index is 11.0. The van der Waals surface area contributed by atoms with Crippen LogP contribution in [0, 0.1) is 0 Å². The molecular weight excluding hydrogens is 704 g/mol. The summed E-state index contributed by atoms with van der Waals surface area (Å²) in [6.07, 6.45) is 1.87. The highest BCUT2D eigenvalue weighted by molar-refractivity contribution is 5.75. The summed E-state index contributed by atoms with van der Waals surface area (Å²) in [7, 11) is 2.11. The molecule has 1 N–H and O–H groups in total. The van der Waals surface area contributed by atoms with E-state index in [2.05, 4.69) is 40.9 Å². The van der Waals surface area contributed by atoms with Gasteiger partial charge in [-0.3, -0.25) is 19.4 Å². The Kier molecular flexibility index (Phi) is 55.8. The zero-order valence-corrected chi connectivity index (χ0v) is 31.8. The van der Waals surface area contributed by atoms with Crippen LogP contribution < -0.4 is 5.32 Å². The van der Waals surface area contributed by atoms with Gasteiger partial charge >= 0.3 is 0 Å². The summed E-state index contributed by atoms with van der Waals surface area (Å²) in [5, 5.41) is 3.16. The van der Waals surface area contributed by atoms with E-state index in [1.807, 2.05) is 11.8 Å². The zero-order chi connectivity index (χ0) is 35.8. The van der Waals surface area contributed by atoms with Gasteiger partial charge in [0.25, 0.3) is 0 Å². The molecule has 2 amide bonds. The molecule has 6 heterocycles. The molecule has 0 saturated carbocycles. The maximum absolute atomic E-state index is 11.0. The Labute approximate surface area is 342 Å². The first kappa shape index (κ1) is 65.4. The molecule has 0 aromatic rings. The molecule has 6 aliphatic heterocycles. The number of rotatable bonds is 4. The maximum Gasteiger partial charge on any atom is 0.222 e. The third-order valence-electron chi connectivity index (χ3n) is 8.40. The van der Waals surface area contributed by atoms with Crippen LogP contribution in [0.2, 0.25) is 0 Å². The predicted molar refractivity (Wildman–Crippen MR) is 234 cm³/mol. The van der Waals surface area contributed by atoms with Crippen LogP contribution in [0.25, 0.3) is 0 Å². The van der Waals surface area contributed by atoms with Crippen molar-refractivity contribution < 1.29 is 38.0 Å². The number of hydrogen-bond donors (Lipinski definition) is 1. The van der Waals surface area contributed by atoms with Gasteiger partial charge in [-0.25, -0.2) is 0 Å². The fourth-order valence-electron chi connectivity index (χ4n) is 5.14. The van der Waals surface area contributed by atoms with Crippen molar-refractivity contribution in [3.63, 3.8) is 0 Å². The number of ether oxygens (including phenoxy) is 6. The SMILES string of the molecule is C.C.C.C.C.C.C1COCCN1.CC(=O)N1CCOCC1.CCC(=O)N1CCOCC1.CCCN1CCOCC1.CCN1CCOCC1.CN1CCOCC1. The van der Waals surface area contributed by atoms with Crippen LogP contribution in [0.4, 0.5) is 0 Å². The van der Waals surface area contributed by atoms with E-state index in [0.29, 0.717) is 32.8 Å². The highest BCUT2D eigenvalue weighted by atomic mass is 16.5. The number of hydrogen-bond acceptors (Lipinski definition) is 12. The molecule has 0 aliphatic carbocycles. The van der Waals surface area contributed by atoms with Crippen molar-refractivity contribution in [2.45, 2.75) is 85.1 Å². The first-order chi connectivity index (χ1) is 23.9. The van der Waals surface area contributed by atoms with Gasteiger partial charge in [0, 0.05) is 91.9 Å². The molecule has 0 spiro atoms. The summed E-state index contributed by atoms with van der Waals surface area (Å²) in [5.41, 5.74) is 0. The summed E-state index contributed by atoms with van der Waals surface area (Å²) < 4.78 is 30.6. The first-order valence-corrected chi connectivity index (χ1v) is 18.7. The summed E-state index contributed by atoms with van der Waals surface area (Å²) in [6, 6.07) is 0. The lowest BCUT2D eigenvalue weighted by Gasteiger charge is -2.26. The third kappa shape index (κ3) is 37.9. The summed E-state index contributed by atoms with van der Waals surface area (Å²) in [6.45, 7) is 32.2. The molecular formula is C41H96N6O8. The van der Waals surface area contributed by atoms with Gasteiger partial charge < -0.3 is 48.4 Å². The Hall–Kier alpha value is -1.46. The summed E-state index contributed by atoms with van der Waals surface area (Å²) in [5.74, 6) is 0.390. The molecule has 0 aromatic heterocycles. The highest BCUT2D eigenvalue weighted by Gasteiger charge is 2.14. The number of nitrogens with one attached hydrogen (secondary N) is 1. The van der Waals surface area contributed by atoms with E-state index in [0.717, 1.165) is 131 Å². The molecule has 0 radical (unpaired) electrons. The Morgan fingerprint density at radius 1 is 0.491 bits per heavy atom. The molecule has 14 heteroatoms. The molecule has 6 rings (SSSR count). The van der Waals surface area contributed by atoms with Gasteiger partial charge in [0.15, 0.2) is 0 Å². The fourth-order valence-corrected chi connectivity index (χ4v) is 5.14. The van der Waals surface area contributed by atoms with Crippen molar-refractivity contribution in [1.82, 2.24) is 29.8 Å². The molecule has 0 bridgehead atoms. The van der Waals surface area contributed by atoms with E-state index in [-0.39, 0.29) is 56.4 Å². The van der Waals surface area contributed by atoms with E-state index in [9.17, 15) is 9.59 Å². The van der Waals surface area contributed by atoms with Crippen molar-refractivity contribution in [3.05, 3.63) is 0 Å². The largest absolute Gasteiger partial charge is 0.379 e. The number of likely N-dealkylation sites (N-methyl/N-ethyl adjacent to an activating group) is 2. The molecule has 0 aromatic carbocycles. The van der Waals surface area contributed by atoms with Gasteiger partial charge in [0.1, 0.15) is 0 Å². The molecule has 6 aliphatic rings. The average molecular weight is 801 g/mol. The quantitative estimate of drug-likeness (QED) is 0.430. The van der Waals surface area contributed by atoms with Gasteiger partial charge in [-0.15, -0.1) is 0 Å². The monoisotopic (exact) mass is 801 g/mol. The standard InChI is InChI=1S/C7H13NO2.C7H15NO.C6H11NO2.C6H13NO.C5H11NO.C4H9NO.6CH4/c1-2-7(9)8-3-5-10-6-4-8;1-2-3-8-4-6-9-7-5-8;1-6(8)7-2-4-9-5-3-7;1-2-7-3-5-8-6-4-7;1-6-2-4-7-5-3-6;1-3-6-4-2-5-1;;;;;;/h2-6H2,1H3;2-7H2,1H3;2-5H2,1H3;2-6H2,1H3;2-5H2,1H3;5H,1-4H2;6*1H4. The third-order valence-corrected chi connectivity index (χ3v) is 8.40. The van der Waals surface area contributed by atoms with Crippen LogP contribution in [0.3, 0.4) is 0 Å². The van der Waals surface area contributed by atoms with Crippen molar-refractivity contribution >= 4 is 11.8 Å². The molecule has 14 nitrogen and oxygen atoms in total. The molecule has 55 heavy (non-hydrogen) atoms. The Bertz CT molecular complexity index is 741. The van der Waals surface area contributed by atoms with Gasteiger partial charge in [-0.1, -0.05) is 65.3 Å². The van der Waals surface area contributed by atoms with Gasteiger partial charge in [-0.05, 0) is 26.6 Å². The van der Waals surface area contributed by atoms with Crippen LogP contribution in [0.15, 0.2) is 0 Å². The van der Waals surface area contributed by atoms with E-state index >= 15 is 0 Å². The highest BCUT2D eigenvalue weighted by Crippen LogP contribution is 1.99. The predicted octanol–water partition coefficient (Wildman–Crippen LogP) is 4.56. The molecule has 338 valence electrons. The van der Waals surface area contributed by atoms with Crippen LogP contribution in [-0.4, -0.2) is 214 Å². The van der Waals surface area contributed by atoms with Gasteiger partial charge in [0.2, 0.25) is 11.8 Å². The first-order valence-electron chi connectivity index (χ1n) is 18.7. The smallest absolute Gasteiger partial charge is 0.222 e. The topological polar surface area (TPSA) is 118 Å². The van der Waals surface area contributed by atoms with Crippen molar-refractivity contribution in [1.29, 1.82) is 0 Å². The van der Waals surface area contributed by atoms with E-state index in [1.165, 1.54) is 19.5 Å². The Morgan fingerprint density at radius 3 is 1.07 bits per heavy atom. The van der Waals surface area contributed by atoms with Crippen LogP contribution in [0.1, 0.15) is 85.1 Å². The van der Waals surface area contributed by atoms with Crippen molar-refractivity contribution in [3.8, 4) is 0 Å². The summed E-state index contributed by atoms with van der Waals surface area (Å²) in [4.78, 5) is 32.5. The lowest BCUT2D eigenvalue weighted by molar-refractivity contribution is -0.135. The van der Waals surface area contributed by atoms with E-state index < -0.39 is 0 Å². The summed E-state index contributed by atoms with van der Waals surface area (Å²) >= 11 is 0. The zero-order valence-electron chi connectivity index (χ0n) is 31.8. The number of carbonyl (C=O) groups excluding carboxylic acids is 2. The molecule has 0 atom stereocenters. The second-order valence-corrected chi connectivity index (χ2v) is 12.2. The second-order valence-electron chi connectivity index (χ2n) is 12.2. The Balaban J connectivity index is -0.000000129. The lowest BCUT2D eigenvalue weighted by atomic mass is 10.3. The van der Waals surface area contributed by atoms with Crippen LogP contribution >= 0.6 is 0 Å². The average Bonchev–Trinajstić information content (AvgIpc) is 3.18.